The molecular formula is C15H24N2O3S. The van der Waals surface area contributed by atoms with Crippen molar-refractivity contribution >= 4 is 33.8 Å². The number of ketones is 1. The van der Waals surface area contributed by atoms with E-state index in [-0.39, 0.29) is 29.7 Å². The lowest BCUT2D eigenvalue weighted by Gasteiger charge is -2.21. The average molecular weight is 312 g/mol. The van der Waals surface area contributed by atoms with Gasteiger partial charge in [0, 0.05) is 13.0 Å². The highest BCUT2D eigenvalue weighted by molar-refractivity contribution is 7.19. The smallest absolute Gasteiger partial charge is 0.343 e. The molecule has 0 fully saturated rings. The number of thiophene rings is 1. The molecule has 0 saturated carbocycles. The lowest BCUT2D eigenvalue weighted by molar-refractivity contribution is 0.0529. The highest BCUT2D eigenvalue weighted by atomic mass is 32.1. The van der Waals surface area contributed by atoms with Gasteiger partial charge < -0.3 is 15.8 Å². The number of rotatable bonds is 7. The van der Waals surface area contributed by atoms with E-state index in [0.717, 1.165) is 6.42 Å². The van der Waals surface area contributed by atoms with Crippen LogP contribution in [0.5, 0.6) is 0 Å². The quantitative estimate of drug-likeness (QED) is 0.594. The number of ether oxygens (including phenoxy) is 1. The first-order chi connectivity index (χ1) is 9.83. The summed E-state index contributed by atoms with van der Waals surface area (Å²) in [6.07, 6.45) is 0.910. The molecule has 21 heavy (non-hydrogen) atoms. The van der Waals surface area contributed by atoms with Crippen LogP contribution in [0.1, 0.15) is 61.1 Å². The standard InChI is InChI=1S/C15H24N2O3S/c1-6-10(8(3)4)17-14-11(15(19)20-7-2)12(16)13(21-14)9(5)18/h8,10,17H,6-7,16H2,1-5H3. The lowest BCUT2D eigenvalue weighted by atomic mass is 10.0. The van der Waals surface area contributed by atoms with Gasteiger partial charge in [0.05, 0.1) is 17.2 Å². The van der Waals surface area contributed by atoms with Gasteiger partial charge in [-0.25, -0.2) is 4.79 Å². The second-order valence-electron chi connectivity index (χ2n) is 5.23. The van der Waals surface area contributed by atoms with E-state index in [0.29, 0.717) is 15.8 Å². The molecule has 0 amide bonds. The van der Waals surface area contributed by atoms with Crippen molar-refractivity contribution in [3.8, 4) is 0 Å². The minimum Gasteiger partial charge on any atom is -0.462 e. The van der Waals surface area contributed by atoms with Crippen LogP contribution in [0.4, 0.5) is 10.7 Å². The Morgan fingerprint density at radius 2 is 1.95 bits per heavy atom. The first-order valence-electron chi connectivity index (χ1n) is 7.20. The first-order valence-corrected chi connectivity index (χ1v) is 8.01. The van der Waals surface area contributed by atoms with Crippen molar-refractivity contribution in [2.75, 3.05) is 17.7 Å². The van der Waals surface area contributed by atoms with Crippen LogP contribution in [0.25, 0.3) is 0 Å². The van der Waals surface area contributed by atoms with Crippen molar-refractivity contribution < 1.29 is 14.3 Å². The summed E-state index contributed by atoms with van der Waals surface area (Å²) in [6, 6.07) is 0.205. The van der Waals surface area contributed by atoms with E-state index in [1.165, 1.54) is 18.3 Å². The third-order valence-corrected chi connectivity index (χ3v) is 4.54. The van der Waals surface area contributed by atoms with E-state index < -0.39 is 5.97 Å². The molecule has 0 aliphatic carbocycles. The lowest BCUT2D eigenvalue weighted by Crippen LogP contribution is -2.25. The zero-order valence-electron chi connectivity index (χ0n) is 13.3. The van der Waals surface area contributed by atoms with Crippen LogP contribution in [0.15, 0.2) is 0 Å². The van der Waals surface area contributed by atoms with Crippen LogP contribution in [-0.4, -0.2) is 24.4 Å². The monoisotopic (exact) mass is 312 g/mol. The molecule has 118 valence electrons. The number of hydrogen-bond acceptors (Lipinski definition) is 6. The van der Waals surface area contributed by atoms with Crippen LogP contribution in [0.3, 0.4) is 0 Å². The summed E-state index contributed by atoms with van der Waals surface area (Å²) in [5.74, 6) is -0.234. The third-order valence-electron chi connectivity index (χ3n) is 3.31. The predicted octanol–water partition coefficient (Wildman–Crippen LogP) is 3.56. The zero-order valence-corrected chi connectivity index (χ0v) is 14.1. The number of carbonyl (C=O) groups excluding carboxylic acids is 2. The number of nitrogens with one attached hydrogen (secondary N) is 1. The summed E-state index contributed by atoms with van der Waals surface area (Å²) in [4.78, 5) is 24.2. The van der Waals surface area contributed by atoms with Crippen LogP contribution >= 0.6 is 11.3 Å². The second kappa shape index (κ2) is 7.45. The topological polar surface area (TPSA) is 81.4 Å². The average Bonchev–Trinajstić information content (AvgIpc) is 2.72. The second-order valence-corrected chi connectivity index (χ2v) is 6.25. The molecule has 1 unspecified atom stereocenters. The normalized spacial score (nSPS) is 12.3. The molecule has 0 spiro atoms. The number of anilines is 2. The molecule has 3 N–H and O–H groups in total. The molecule has 0 aliphatic rings. The van der Waals surface area contributed by atoms with E-state index in [1.807, 2.05) is 0 Å². The Hall–Kier alpha value is -1.56. The molecule has 0 aromatic carbocycles. The number of hydrogen-bond donors (Lipinski definition) is 2. The number of carbonyl (C=O) groups is 2. The van der Waals surface area contributed by atoms with E-state index in [4.69, 9.17) is 10.5 Å². The van der Waals surface area contributed by atoms with Gasteiger partial charge in [-0.1, -0.05) is 20.8 Å². The summed E-state index contributed by atoms with van der Waals surface area (Å²) < 4.78 is 5.05. The van der Waals surface area contributed by atoms with Crippen molar-refractivity contribution in [2.24, 2.45) is 5.92 Å². The molecule has 1 rings (SSSR count). The van der Waals surface area contributed by atoms with Crippen LogP contribution in [0, 0.1) is 5.92 Å². The fourth-order valence-electron chi connectivity index (χ4n) is 2.12. The van der Waals surface area contributed by atoms with E-state index in [1.54, 1.807) is 6.92 Å². The summed E-state index contributed by atoms with van der Waals surface area (Å²) in [5, 5.41) is 3.96. The molecule has 1 aromatic rings. The van der Waals surface area contributed by atoms with Gasteiger partial charge in [-0.15, -0.1) is 11.3 Å². The molecule has 0 radical (unpaired) electrons. The summed E-state index contributed by atoms with van der Waals surface area (Å²) in [5.41, 5.74) is 6.48. The fourth-order valence-corrected chi connectivity index (χ4v) is 3.19. The van der Waals surface area contributed by atoms with Gasteiger partial charge in [0.1, 0.15) is 10.6 Å². The number of nitrogen functional groups attached to an aromatic ring is 1. The van der Waals surface area contributed by atoms with Crippen molar-refractivity contribution in [2.45, 2.75) is 47.1 Å². The van der Waals surface area contributed by atoms with E-state index in [9.17, 15) is 9.59 Å². The molecule has 5 nitrogen and oxygen atoms in total. The maximum absolute atomic E-state index is 12.1. The van der Waals surface area contributed by atoms with Crippen molar-refractivity contribution in [1.82, 2.24) is 0 Å². The Morgan fingerprint density at radius 1 is 1.33 bits per heavy atom. The van der Waals surface area contributed by atoms with Crippen LogP contribution in [0.2, 0.25) is 0 Å². The Bertz CT molecular complexity index is 523. The summed E-state index contributed by atoms with van der Waals surface area (Å²) >= 11 is 1.22. The molecule has 0 bridgehead atoms. The molecule has 6 heteroatoms. The zero-order chi connectivity index (χ0) is 16.2. The largest absolute Gasteiger partial charge is 0.462 e. The van der Waals surface area contributed by atoms with Gasteiger partial charge >= 0.3 is 5.97 Å². The van der Waals surface area contributed by atoms with Crippen molar-refractivity contribution in [3.05, 3.63) is 10.4 Å². The molecule has 0 saturated heterocycles. The van der Waals surface area contributed by atoms with Crippen molar-refractivity contribution in [1.29, 1.82) is 0 Å². The molecule has 1 heterocycles. The molecular weight excluding hydrogens is 288 g/mol. The van der Waals surface area contributed by atoms with Gasteiger partial charge in [-0.2, -0.15) is 0 Å². The van der Waals surface area contributed by atoms with Gasteiger partial charge in [0.2, 0.25) is 0 Å². The Morgan fingerprint density at radius 3 is 2.38 bits per heavy atom. The minimum atomic E-state index is -0.486. The van der Waals surface area contributed by atoms with Crippen LogP contribution in [-0.2, 0) is 4.74 Å². The van der Waals surface area contributed by atoms with E-state index in [2.05, 4.69) is 26.1 Å². The Kier molecular flexibility index (Phi) is 6.20. The molecule has 0 aliphatic heterocycles. The Balaban J connectivity index is 3.25. The summed E-state index contributed by atoms with van der Waals surface area (Å²) in [6.45, 7) is 9.74. The van der Waals surface area contributed by atoms with E-state index >= 15 is 0 Å². The number of nitrogens with two attached hydrogens (primary N) is 1. The highest BCUT2D eigenvalue weighted by Crippen LogP contribution is 2.37. The highest BCUT2D eigenvalue weighted by Gasteiger charge is 2.26. The van der Waals surface area contributed by atoms with Crippen LogP contribution < -0.4 is 11.1 Å². The SMILES string of the molecule is CCOC(=O)c1c(NC(CC)C(C)C)sc(C(C)=O)c1N. The number of esters is 1. The molecule has 1 atom stereocenters. The minimum absolute atomic E-state index is 0.145. The predicted molar refractivity (Wildman–Crippen MR) is 87.2 cm³/mol. The maximum Gasteiger partial charge on any atom is 0.343 e. The molecule has 1 aromatic heterocycles. The number of Topliss-reactive ketones (excluding diaryl/α,β-unsaturated/α-hetero) is 1. The van der Waals surface area contributed by atoms with Gasteiger partial charge in [0.25, 0.3) is 0 Å². The fraction of sp³-hybridized carbons (Fsp3) is 0.600. The summed E-state index contributed by atoms with van der Waals surface area (Å²) in [7, 11) is 0. The Labute approximate surface area is 129 Å². The maximum atomic E-state index is 12.1. The van der Waals surface area contributed by atoms with Crippen molar-refractivity contribution in [3.63, 3.8) is 0 Å². The third kappa shape index (κ3) is 3.97. The van der Waals surface area contributed by atoms with Gasteiger partial charge in [-0.3, -0.25) is 4.79 Å². The van der Waals surface area contributed by atoms with Gasteiger partial charge in [0.15, 0.2) is 5.78 Å². The first kappa shape index (κ1) is 17.5. The van der Waals surface area contributed by atoms with Gasteiger partial charge in [-0.05, 0) is 19.3 Å².